The molecule has 0 aliphatic rings. The second kappa shape index (κ2) is 7.67. The zero-order valence-corrected chi connectivity index (χ0v) is 14.1. The monoisotopic (exact) mass is 343 g/mol. The van der Waals surface area contributed by atoms with E-state index >= 15 is 0 Å². The van der Waals surface area contributed by atoms with Gasteiger partial charge < -0.3 is 26.4 Å². The van der Waals surface area contributed by atoms with Crippen molar-refractivity contribution in [2.45, 2.75) is 20.0 Å². The summed E-state index contributed by atoms with van der Waals surface area (Å²) in [6.07, 6.45) is -1.23. The molecule has 0 bridgehead atoms. The minimum atomic E-state index is -1.23. The molecule has 0 saturated carbocycles. The number of nitrogens with two attached hydrogens (primary N) is 2. The van der Waals surface area contributed by atoms with E-state index in [4.69, 9.17) is 26.4 Å². The summed E-state index contributed by atoms with van der Waals surface area (Å²) >= 11 is 0. The summed E-state index contributed by atoms with van der Waals surface area (Å²) in [6.45, 7) is 3.65. The summed E-state index contributed by atoms with van der Waals surface area (Å²) in [4.78, 5) is 14.1. The van der Waals surface area contributed by atoms with Crippen LogP contribution in [-0.4, -0.2) is 33.9 Å². The van der Waals surface area contributed by atoms with E-state index in [9.17, 15) is 4.79 Å². The van der Waals surface area contributed by atoms with E-state index in [-0.39, 0.29) is 0 Å². The van der Waals surface area contributed by atoms with Crippen LogP contribution in [0, 0.1) is 0 Å². The van der Waals surface area contributed by atoms with Crippen molar-refractivity contribution in [1.82, 2.24) is 4.98 Å². The number of pyridine rings is 1. The number of ether oxygens (including phenoxy) is 1. The minimum absolute atomic E-state index is 0.478. The number of nitrogen functional groups attached to an aromatic ring is 2. The second-order valence-corrected chi connectivity index (χ2v) is 5.40. The van der Waals surface area contributed by atoms with Crippen molar-refractivity contribution >= 4 is 39.1 Å². The number of hydrogen-bond donors (Lipinski definition) is 4. The molecule has 6 N–H and O–H groups in total. The smallest absolute Gasteiger partial charge is 0.332 e. The van der Waals surface area contributed by atoms with Crippen LogP contribution in [0.4, 0.5) is 11.4 Å². The largest absolute Gasteiger partial charge is 0.492 e. The van der Waals surface area contributed by atoms with E-state index in [2.05, 4.69) is 4.98 Å². The van der Waals surface area contributed by atoms with E-state index < -0.39 is 12.1 Å². The highest BCUT2D eigenvalue weighted by atomic mass is 16.5. The van der Waals surface area contributed by atoms with Crippen molar-refractivity contribution in [3.05, 3.63) is 36.4 Å². The number of aliphatic carboxylic acids is 1. The number of rotatable bonds is 3. The molecule has 0 fully saturated rings. The molecule has 0 aliphatic carbocycles. The maximum absolute atomic E-state index is 9.45. The third kappa shape index (κ3) is 4.07. The van der Waals surface area contributed by atoms with Crippen molar-refractivity contribution < 1.29 is 19.7 Å². The summed E-state index contributed by atoms with van der Waals surface area (Å²) in [5.41, 5.74) is 14.8. The van der Waals surface area contributed by atoms with Gasteiger partial charge >= 0.3 is 5.97 Å². The summed E-state index contributed by atoms with van der Waals surface area (Å²) in [5.74, 6) is -0.592. The first-order chi connectivity index (χ1) is 11.8. The number of benzene rings is 2. The van der Waals surface area contributed by atoms with Gasteiger partial charge in [-0.15, -0.1) is 0 Å². The Labute approximate surface area is 144 Å². The summed E-state index contributed by atoms with van der Waals surface area (Å²) in [7, 11) is 0. The number of nitrogens with zero attached hydrogens (tertiary/aromatic N) is 1. The van der Waals surface area contributed by atoms with Crippen LogP contribution in [0.1, 0.15) is 13.8 Å². The SMILES string of the molecule is CC(O)C(=O)O.CCOc1cc2nc3ccccc3cc2c(N)c1N. The molecular weight excluding hydrogens is 322 g/mol. The predicted molar refractivity (Wildman–Crippen MR) is 98.6 cm³/mol. The van der Waals surface area contributed by atoms with Crippen molar-refractivity contribution in [1.29, 1.82) is 0 Å². The van der Waals surface area contributed by atoms with Crippen molar-refractivity contribution in [2.75, 3.05) is 18.1 Å². The van der Waals surface area contributed by atoms with Gasteiger partial charge in [-0.3, -0.25) is 0 Å². The van der Waals surface area contributed by atoms with Gasteiger partial charge in [0.25, 0.3) is 0 Å². The molecule has 0 saturated heterocycles. The molecule has 0 aliphatic heterocycles. The number of anilines is 2. The Morgan fingerprint density at radius 1 is 1.20 bits per heavy atom. The highest BCUT2D eigenvalue weighted by Crippen LogP contribution is 2.36. The lowest BCUT2D eigenvalue weighted by molar-refractivity contribution is -0.145. The van der Waals surface area contributed by atoms with Gasteiger partial charge in [0.05, 0.1) is 29.0 Å². The van der Waals surface area contributed by atoms with Crippen LogP contribution in [0.25, 0.3) is 21.8 Å². The van der Waals surface area contributed by atoms with Crippen molar-refractivity contribution in [2.24, 2.45) is 0 Å². The maximum Gasteiger partial charge on any atom is 0.332 e. The predicted octanol–water partition coefficient (Wildman–Crippen LogP) is 2.40. The quantitative estimate of drug-likeness (QED) is 0.424. The zero-order valence-electron chi connectivity index (χ0n) is 14.1. The molecule has 1 unspecified atom stereocenters. The van der Waals surface area contributed by atoms with Crippen LogP contribution in [0.15, 0.2) is 36.4 Å². The van der Waals surface area contributed by atoms with Crippen LogP contribution in [0.3, 0.4) is 0 Å². The molecule has 0 spiro atoms. The van der Waals surface area contributed by atoms with Gasteiger partial charge in [0.1, 0.15) is 11.9 Å². The van der Waals surface area contributed by atoms with Gasteiger partial charge in [-0.25, -0.2) is 9.78 Å². The van der Waals surface area contributed by atoms with Crippen LogP contribution >= 0.6 is 0 Å². The third-order valence-corrected chi connectivity index (χ3v) is 3.52. The number of aliphatic hydroxyl groups is 1. The molecule has 7 nitrogen and oxygen atoms in total. The highest BCUT2D eigenvalue weighted by molar-refractivity contribution is 6.04. The fraction of sp³-hybridized carbons (Fsp3) is 0.222. The lowest BCUT2D eigenvalue weighted by Crippen LogP contribution is -2.13. The Morgan fingerprint density at radius 2 is 1.84 bits per heavy atom. The fourth-order valence-electron chi connectivity index (χ4n) is 2.21. The Morgan fingerprint density at radius 3 is 2.44 bits per heavy atom. The molecule has 132 valence electrons. The molecule has 2 aromatic carbocycles. The van der Waals surface area contributed by atoms with Crippen molar-refractivity contribution in [3.63, 3.8) is 0 Å². The number of hydrogen-bond acceptors (Lipinski definition) is 6. The molecule has 25 heavy (non-hydrogen) atoms. The fourth-order valence-corrected chi connectivity index (χ4v) is 2.21. The number of para-hydroxylation sites is 1. The first kappa shape index (κ1) is 18.3. The molecular formula is C18H21N3O4. The number of fused-ring (bicyclic) bond motifs is 2. The Hall–Kier alpha value is -3.06. The third-order valence-electron chi connectivity index (χ3n) is 3.52. The maximum atomic E-state index is 9.45. The average Bonchev–Trinajstić information content (AvgIpc) is 2.59. The topological polar surface area (TPSA) is 132 Å². The molecule has 1 aromatic heterocycles. The lowest BCUT2D eigenvalue weighted by atomic mass is 10.1. The van der Waals surface area contributed by atoms with Crippen LogP contribution in [-0.2, 0) is 4.79 Å². The Bertz CT molecular complexity index is 910. The van der Waals surface area contributed by atoms with Crippen LogP contribution in [0.5, 0.6) is 5.75 Å². The van der Waals surface area contributed by atoms with Crippen LogP contribution < -0.4 is 16.2 Å². The number of aliphatic hydroxyl groups excluding tert-OH is 1. The first-order valence-corrected chi connectivity index (χ1v) is 7.76. The van der Waals surface area contributed by atoms with Gasteiger partial charge in [0.15, 0.2) is 0 Å². The molecule has 3 rings (SSSR count). The minimum Gasteiger partial charge on any atom is -0.492 e. The van der Waals surface area contributed by atoms with Gasteiger partial charge in [-0.2, -0.15) is 0 Å². The first-order valence-electron chi connectivity index (χ1n) is 7.76. The molecule has 0 amide bonds. The van der Waals surface area contributed by atoms with E-state index in [0.29, 0.717) is 23.7 Å². The van der Waals surface area contributed by atoms with Gasteiger partial charge in [-0.05, 0) is 26.0 Å². The van der Waals surface area contributed by atoms with Gasteiger partial charge in [0.2, 0.25) is 0 Å². The van der Waals surface area contributed by atoms with E-state index in [1.165, 1.54) is 6.92 Å². The molecule has 7 heteroatoms. The van der Waals surface area contributed by atoms with Crippen molar-refractivity contribution in [3.8, 4) is 5.75 Å². The lowest BCUT2D eigenvalue weighted by Gasteiger charge is -2.12. The Balaban J connectivity index is 0.000000326. The summed E-state index contributed by atoms with van der Waals surface area (Å²) in [5, 5.41) is 17.7. The second-order valence-electron chi connectivity index (χ2n) is 5.40. The molecule has 1 atom stereocenters. The number of carboxylic acids is 1. The van der Waals surface area contributed by atoms with E-state index in [1.807, 2.05) is 43.3 Å². The van der Waals surface area contributed by atoms with Crippen LogP contribution in [0.2, 0.25) is 0 Å². The summed E-state index contributed by atoms with van der Waals surface area (Å²) in [6, 6.07) is 11.8. The highest BCUT2D eigenvalue weighted by Gasteiger charge is 2.11. The van der Waals surface area contributed by atoms with E-state index in [0.717, 1.165) is 21.8 Å². The Kier molecular flexibility index (Phi) is 5.61. The molecule has 3 aromatic rings. The normalized spacial score (nSPS) is 11.6. The number of aromatic nitrogens is 1. The zero-order chi connectivity index (χ0) is 18.6. The van der Waals surface area contributed by atoms with Gasteiger partial charge in [0, 0.05) is 16.8 Å². The van der Waals surface area contributed by atoms with E-state index in [1.54, 1.807) is 0 Å². The number of carboxylic acid groups (broad SMARTS) is 1. The standard InChI is InChI=1S/C15H15N3O.C3H6O3/c1-2-19-13-8-12-10(14(16)15(13)17)7-9-5-3-4-6-11(9)18-12;1-2(4)3(5)6/h3-8H,2,16-17H2,1H3;2,4H,1H3,(H,5,6). The average molecular weight is 343 g/mol. The summed E-state index contributed by atoms with van der Waals surface area (Å²) < 4.78 is 5.49. The molecule has 0 radical (unpaired) electrons. The molecule has 1 heterocycles. The number of carbonyl (C=O) groups is 1. The van der Waals surface area contributed by atoms with Gasteiger partial charge in [-0.1, -0.05) is 18.2 Å².